The van der Waals surface area contributed by atoms with Crippen molar-refractivity contribution in [2.75, 3.05) is 13.2 Å². The number of aliphatic hydroxyl groups excluding tert-OH is 1. The number of aliphatic hydroxyl groups is 1. The minimum atomic E-state index is 0.254. The molecule has 74 valence electrons. The highest BCUT2D eigenvalue weighted by atomic mass is 16.5. The van der Waals surface area contributed by atoms with Gasteiger partial charge in [-0.3, -0.25) is 0 Å². The second-order valence-electron chi connectivity index (χ2n) is 4.33. The largest absolute Gasteiger partial charge is 0.493 e. The van der Waals surface area contributed by atoms with Gasteiger partial charge in [-0.2, -0.15) is 0 Å². The van der Waals surface area contributed by atoms with Crippen molar-refractivity contribution in [1.29, 1.82) is 0 Å². The van der Waals surface area contributed by atoms with Crippen molar-refractivity contribution in [1.82, 2.24) is 0 Å². The van der Waals surface area contributed by atoms with E-state index in [9.17, 15) is 5.11 Å². The van der Waals surface area contributed by atoms with Gasteiger partial charge in [-0.05, 0) is 24.8 Å². The molecule has 1 N–H and O–H groups in total. The summed E-state index contributed by atoms with van der Waals surface area (Å²) in [6, 6.07) is 8.24. The molecule has 1 heterocycles. The minimum Gasteiger partial charge on any atom is -0.493 e. The Kier molecular flexibility index (Phi) is 1.62. The zero-order chi connectivity index (χ0) is 9.60. The van der Waals surface area contributed by atoms with Gasteiger partial charge in [0.05, 0.1) is 6.61 Å². The first kappa shape index (κ1) is 8.30. The third-order valence-electron chi connectivity index (χ3n) is 3.68. The molecule has 0 radical (unpaired) electrons. The topological polar surface area (TPSA) is 29.5 Å². The third-order valence-corrected chi connectivity index (χ3v) is 3.68. The number of benzene rings is 1. The average Bonchev–Trinajstić information content (AvgIpc) is 2.94. The number of para-hydroxylation sites is 1. The van der Waals surface area contributed by atoms with Gasteiger partial charge in [0.15, 0.2) is 0 Å². The van der Waals surface area contributed by atoms with Gasteiger partial charge in [0.25, 0.3) is 0 Å². The Hall–Kier alpha value is -1.02. The molecule has 0 amide bonds. The molecule has 2 atom stereocenters. The summed E-state index contributed by atoms with van der Waals surface area (Å²) in [7, 11) is 0. The molecule has 14 heavy (non-hydrogen) atoms. The highest BCUT2D eigenvalue weighted by Gasteiger charge is 2.56. The molecule has 1 aliphatic heterocycles. The van der Waals surface area contributed by atoms with E-state index in [0.29, 0.717) is 12.5 Å². The quantitative estimate of drug-likeness (QED) is 0.730. The Bertz CT molecular complexity index is 361. The maximum Gasteiger partial charge on any atom is 0.123 e. The fourth-order valence-corrected chi connectivity index (χ4v) is 2.74. The van der Waals surface area contributed by atoms with Crippen LogP contribution in [0.4, 0.5) is 0 Å². The molecule has 2 heteroatoms. The van der Waals surface area contributed by atoms with Gasteiger partial charge in [-0.1, -0.05) is 18.2 Å². The van der Waals surface area contributed by atoms with Crippen LogP contribution in [-0.2, 0) is 5.41 Å². The van der Waals surface area contributed by atoms with E-state index >= 15 is 0 Å². The number of rotatable bonds is 1. The molecule has 1 aliphatic carbocycles. The first-order valence-corrected chi connectivity index (χ1v) is 5.20. The van der Waals surface area contributed by atoms with Crippen LogP contribution in [0.2, 0.25) is 0 Å². The Morgan fingerprint density at radius 1 is 1.43 bits per heavy atom. The molecule has 0 aromatic heterocycles. The van der Waals surface area contributed by atoms with Gasteiger partial charge in [-0.15, -0.1) is 0 Å². The molecule has 2 aliphatic rings. The molecular weight excluding hydrogens is 176 g/mol. The van der Waals surface area contributed by atoms with Crippen molar-refractivity contribution in [2.45, 2.75) is 18.3 Å². The summed E-state index contributed by atoms with van der Waals surface area (Å²) >= 11 is 0. The predicted molar refractivity (Wildman–Crippen MR) is 53.4 cm³/mol. The molecule has 0 bridgehead atoms. The van der Waals surface area contributed by atoms with Crippen LogP contribution in [-0.4, -0.2) is 18.3 Å². The molecule has 1 fully saturated rings. The zero-order valence-electron chi connectivity index (χ0n) is 8.07. The lowest BCUT2D eigenvalue weighted by atomic mass is 9.88. The maximum absolute atomic E-state index is 9.21. The Balaban J connectivity index is 2.05. The van der Waals surface area contributed by atoms with Crippen LogP contribution in [0.25, 0.3) is 0 Å². The zero-order valence-corrected chi connectivity index (χ0v) is 8.07. The number of hydrogen-bond donors (Lipinski definition) is 1. The Labute approximate surface area is 83.5 Å². The van der Waals surface area contributed by atoms with Crippen molar-refractivity contribution in [3.8, 4) is 5.75 Å². The second kappa shape index (κ2) is 2.74. The van der Waals surface area contributed by atoms with Gasteiger partial charge < -0.3 is 9.84 Å². The lowest BCUT2D eigenvalue weighted by molar-refractivity contribution is 0.224. The van der Waals surface area contributed by atoms with E-state index in [1.165, 1.54) is 5.56 Å². The van der Waals surface area contributed by atoms with Gasteiger partial charge in [-0.25, -0.2) is 0 Å². The van der Waals surface area contributed by atoms with Crippen molar-refractivity contribution in [3.63, 3.8) is 0 Å². The smallest absolute Gasteiger partial charge is 0.123 e. The molecular formula is C12H14O2. The number of ether oxygens (including phenoxy) is 1. The van der Waals surface area contributed by atoms with E-state index in [-0.39, 0.29) is 5.41 Å². The molecule has 1 saturated carbocycles. The van der Waals surface area contributed by atoms with Crippen LogP contribution < -0.4 is 4.74 Å². The summed E-state index contributed by atoms with van der Waals surface area (Å²) in [6.07, 6.45) is 2.19. The lowest BCUT2D eigenvalue weighted by Crippen LogP contribution is -2.22. The monoisotopic (exact) mass is 190 g/mol. The van der Waals surface area contributed by atoms with Crippen molar-refractivity contribution >= 4 is 0 Å². The summed E-state index contributed by atoms with van der Waals surface area (Å²) < 4.78 is 5.61. The van der Waals surface area contributed by atoms with Crippen LogP contribution in [0.1, 0.15) is 18.4 Å². The summed E-state index contributed by atoms with van der Waals surface area (Å²) in [4.78, 5) is 0. The predicted octanol–water partition coefficient (Wildman–Crippen LogP) is 1.72. The first-order valence-electron chi connectivity index (χ1n) is 5.20. The Morgan fingerprint density at radius 2 is 2.29 bits per heavy atom. The number of hydrogen-bond acceptors (Lipinski definition) is 2. The van der Waals surface area contributed by atoms with Crippen LogP contribution in [0.15, 0.2) is 24.3 Å². The SMILES string of the molecule is OCC1CC12CCOc1ccccc12. The Morgan fingerprint density at radius 3 is 3.07 bits per heavy atom. The van der Waals surface area contributed by atoms with E-state index in [2.05, 4.69) is 12.1 Å². The molecule has 1 aromatic carbocycles. The molecule has 2 unspecified atom stereocenters. The summed E-state index contributed by atoms with van der Waals surface area (Å²) in [5.41, 5.74) is 1.56. The number of fused-ring (bicyclic) bond motifs is 2. The fraction of sp³-hybridized carbons (Fsp3) is 0.500. The van der Waals surface area contributed by atoms with E-state index in [1.807, 2.05) is 12.1 Å². The average molecular weight is 190 g/mol. The standard InChI is InChI=1S/C12H14O2/c13-8-9-7-12(9)5-6-14-11-4-2-1-3-10(11)12/h1-4,9,13H,5-8H2. The van der Waals surface area contributed by atoms with Gasteiger partial charge in [0, 0.05) is 17.6 Å². The maximum atomic E-state index is 9.21. The van der Waals surface area contributed by atoms with E-state index in [4.69, 9.17) is 4.74 Å². The summed E-state index contributed by atoms with van der Waals surface area (Å²) in [5.74, 6) is 1.49. The minimum absolute atomic E-state index is 0.254. The third kappa shape index (κ3) is 0.947. The summed E-state index contributed by atoms with van der Waals surface area (Å²) in [5, 5.41) is 9.21. The molecule has 1 spiro atoms. The molecule has 3 rings (SSSR count). The summed E-state index contributed by atoms with van der Waals surface area (Å²) in [6.45, 7) is 1.11. The van der Waals surface area contributed by atoms with Crippen molar-refractivity contribution in [2.24, 2.45) is 5.92 Å². The second-order valence-corrected chi connectivity index (χ2v) is 4.33. The van der Waals surface area contributed by atoms with Crippen LogP contribution in [0.5, 0.6) is 5.75 Å². The highest BCUT2D eigenvalue weighted by Crippen LogP contribution is 2.60. The molecule has 1 aromatic rings. The lowest BCUT2D eigenvalue weighted by Gasteiger charge is -2.26. The van der Waals surface area contributed by atoms with E-state index < -0.39 is 0 Å². The normalized spacial score (nSPS) is 33.6. The van der Waals surface area contributed by atoms with Gasteiger partial charge in [0.2, 0.25) is 0 Å². The van der Waals surface area contributed by atoms with Gasteiger partial charge >= 0.3 is 0 Å². The van der Waals surface area contributed by atoms with Crippen LogP contribution in [0.3, 0.4) is 0 Å². The molecule has 0 saturated heterocycles. The van der Waals surface area contributed by atoms with Crippen molar-refractivity contribution < 1.29 is 9.84 Å². The van der Waals surface area contributed by atoms with E-state index in [1.54, 1.807) is 0 Å². The molecule has 2 nitrogen and oxygen atoms in total. The highest BCUT2D eigenvalue weighted by molar-refractivity contribution is 5.46. The van der Waals surface area contributed by atoms with E-state index in [0.717, 1.165) is 25.2 Å². The van der Waals surface area contributed by atoms with Crippen molar-refractivity contribution in [3.05, 3.63) is 29.8 Å². The fourth-order valence-electron chi connectivity index (χ4n) is 2.74. The first-order chi connectivity index (χ1) is 6.87. The van der Waals surface area contributed by atoms with Crippen LogP contribution in [0, 0.1) is 5.92 Å². The van der Waals surface area contributed by atoms with Gasteiger partial charge in [0.1, 0.15) is 5.75 Å². The van der Waals surface area contributed by atoms with Crippen LogP contribution >= 0.6 is 0 Å².